The molecule has 2 rings (SSSR count). The Labute approximate surface area is 111 Å². The van der Waals surface area contributed by atoms with Gasteiger partial charge in [-0.1, -0.05) is 20.3 Å². The summed E-state index contributed by atoms with van der Waals surface area (Å²) in [5.41, 5.74) is 0.478. The van der Waals surface area contributed by atoms with Gasteiger partial charge < -0.3 is 5.32 Å². The largest absolute Gasteiger partial charge is 0.302 e. The first-order chi connectivity index (χ1) is 8.40. The van der Waals surface area contributed by atoms with E-state index in [1.54, 1.807) is 5.38 Å². The van der Waals surface area contributed by atoms with Gasteiger partial charge in [0.25, 0.3) is 0 Å². The summed E-state index contributed by atoms with van der Waals surface area (Å²) in [5.74, 6) is -0.00271. The molecule has 98 valence electrons. The van der Waals surface area contributed by atoms with Gasteiger partial charge >= 0.3 is 0 Å². The van der Waals surface area contributed by atoms with Crippen LogP contribution in [-0.2, 0) is 4.79 Å². The number of hydrogen-bond acceptors (Lipinski definition) is 4. The van der Waals surface area contributed by atoms with E-state index in [9.17, 15) is 9.59 Å². The number of rotatable bonds is 3. The van der Waals surface area contributed by atoms with Crippen LogP contribution in [-0.4, -0.2) is 16.7 Å². The van der Waals surface area contributed by atoms with Gasteiger partial charge in [0.15, 0.2) is 10.9 Å². The van der Waals surface area contributed by atoms with E-state index in [0.717, 1.165) is 19.3 Å². The molecule has 0 spiro atoms. The van der Waals surface area contributed by atoms with Gasteiger partial charge in [-0.15, -0.1) is 11.3 Å². The summed E-state index contributed by atoms with van der Waals surface area (Å²) in [5, 5.41) is 5.03. The van der Waals surface area contributed by atoms with Crippen molar-refractivity contribution in [3.8, 4) is 0 Å². The SMILES string of the molecule is CC(=O)c1csc(NC(=O)C2CCCC2(C)C)n1. The maximum Gasteiger partial charge on any atom is 0.229 e. The predicted molar refractivity (Wildman–Crippen MR) is 71.9 cm³/mol. The second-order valence-corrected chi connectivity index (χ2v) is 6.37. The molecule has 0 bridgehead atoms. The number of nitrogens with zero attached hydrogens (tertiary/aromatic N) is 1. The predicted octanol–water partition coefficient (Wildman–Crippen LogP) is 3.11. The van der Waals surface area contributed by atoms with Gasteiger partial charge in [-0.05, 0) is 18.3 Å². The van der Waals surface area contributed by atoms with Crippen LogP contribution in [0.4, 0.5) is 5.13 Å². The van der Waals surface area contributed by atoms with Crippen molar-refractivity contribution in [2.24, 2.45) is 11.3 Å². The van der Waals surface area contributed by atoms with Gasteiger partial charge in [-0.3, -0.25) is 9.59 Å². The molecule has 0 aromatic carbocycles. The number of carbonyl (C=O) groups excluding carboxylic acids is 2. The molecule has 1 aromatic heterocycles. The Morgan fingerprint density at radius 3 is 2.72 bits per heavy atom. The zero-order valence-electron chi connectivity index (χ0n) is 10.9. The highest BCUT2D eigenvalue weighted by atomic mass is 32.1. The Hall–Kier alpha value is -1.23. The molecular weight excluding hydrogens is 248 g/mol. The molecule has 4 nitrogen and oxygen atoms in total. The van der Waals surface area contributed by atoms with Crippen molar-refractivity contribution >= 4 is 28.2 Å². The van der Waals surface area contributed by atoms with Crippen molar-refractivity contribution in [1.82, 2.24) is 4.98 Å². The monoisotopic (exact) mass is 266 g/mol. The number of anilines is 1. The Morgan fingerprint density at radius 1 is 1.50 bits per heavy atom. The van der Waals surface area contributed by atoms with Crippen LogP contribution < -0.4 is 5.32 Å². The number of aromatic nitrogens is 1. The number of Topliss-reactive ketones (excluding diaryl/α,β-unsaturated/α-hetero) is 1. The number of thiazole rings is 1. The normalized spacial score (nSPS) is 21.8. The molecule has 1 N–H and O–H groups in total. The lowest BCUT2D eigenvalue weighted by molar-refractivity contribution is -0.122. The van der Waals surface area contributed by atoms with Gasteiger partial charge in [0.1, 0.15) is 5.69 Å². The minimum Gasteiger partial charge on any atom is -0.302 e. The van der Waals surface area contributed by atoms with Crippen LogP contribution in [0, 0.1) is 11.3 Å². The minimum atomic E-state index is -0.0760. The van der Waals surface area contributed by atoms with Crippen LogP contribution in [0.25, 0.3) is 0 Å². The zero-order valence-corrected chi connectivity index (χ0v) is 11.8. The zero-order chi connectivity index (χ0) is 13.3. The van der Waals surface area contributed by atoms with Crippen LogP contribution in [0.1, 0.15) is 50.5 Å². The third-order valence-corrected chi connectivity index (χ3v) is 4.43. The van der Waals surface area contributed by atoms with Gasteiger partial charge in [0, 0.05) is 18.2 Å². The van der Waals surface area contributed by atoms with E-state index >= 15 is 0 Å². The molecule has 0 aliphatic heterocycles. The molecule has 0 radical (unpaired) electrons. The molecule has 5 heteroatoms. The second kappa shape index (κ2) is 4.80. The van der Waals surface area contributed by atoms with Crippen molar-refractivity contribution in [3.05, 3.63) is 11.1 Å². The van der Waals surface area contributed by atoms with Crippen molar-refractivity contribution < 1.29 is 9.59 Å². The number of amides is 1. The first-order valence-corrected chi connectivity index (χ1v) is 7.05. The molecule has 1 heterocycles. The Kier molecular flexibility index (Phi) is 3.52. The highest BCUT2D eigenvalue weighted by molar-refractivity contribution is 7.14. The lowest BCUT2D eigenvalue weighted by atomic mass is 9.81. The van der Waals surface area contributed by atoms with Crippen LogP contribution in [0.3, 0.4) is 0 Å². The molecule has 18 heavy (non-hydrogen) atoms. The van der Waals surface area contributed by atoms with Gasteiger partial charge in [0.05, 0.1) is 0 Å². The summed E-state index contributed by atoms with van der Waals surface area (Å²) in [6, 6.07) is 0. The highest BCUT2D eigenvalue weighted by Crippen LogP contribution is 2.43. The van der Waals surface area contributed by atoms with E-state index in [1.165, 1.54) is 18.3 Å². The third-order valence-electron chi connectivity index (χ3n) is 3.67. The van der Waals surface area contributed by atoms with Crippen molar-refractivity contribution in [2.45, 2.75) is 40.0 Å². The summed E-state index contributed by atoms with van der Waals surface area (Å²) in [6.07, 6.45) is 3.12. The number of hydrogen-bond donors (Lipinski definition) is 1. The average Bonchev–Trinajstić information content (AvgIpc) is 2.84. The fourth-order valence-corrected chi connectivity index (χ4v) is 3.25. The topological polar surface area (TPSA) is 59.1 Å². The summed E-state index contributed by atoms with van der Waals surface area (Å²) >= 11 is 1.30. The van der Waals surface area contributed by atoms with E-state index in [4.69, 9.17) is 0 Å². The fraction of sp³-hybridized carbons (Fsp3) is 0.615. The molecule has 1 aliphatic rings. The van der Waals surface area contributed by atoms with Crippen LogP contribution in [0.2, 0.25) is 0 Å². The second-order valence-electron chi connectivity index (χ2n) is 5.52. The van der Waals surface area contributed by atoms with E-state index in [0.29, 0.717) is 10.8 Å². The van der Waals surface area contributed by atoms with E-state index in [2.05, 4.69) is 24.1 Å². The van der Waals surface area contributed by atoms with Gasteiger partial charge in [-0.2, -0.15) is 0 Å². The number of carbonyl (C=O) groups is 2. The Balaban J connectivity index is 2.05. The molecular formula is C13H18N2O2S. The van der Waals surface area contributed by atoms with E-state index < -0.39 is 0 Å². The fourth-order valence-electron chi connectivity index (χ4n) is 2.50. The average molecular weight is 266 g/mol. The highest BCUT2D eigenvalue weighted by Gasteiger charge is 2.39. The lowest BCUT2D eigenvalue weighted by Gasteiger charge is -2.25. The molecule has 1 amide bonds. The molecule has 1 fully saturated rings. The van der Waals surface area contributed by atoms with Crippen molar-refractivity contribution in [2.75, 3.05) is 5.32 Å². The summed E-state index contributed by atoms with van der Waals surface area (Å²) in [4.78, 5) is 27.4. The van der Waals surface area contributed by atoms with Crippen molar-refractivity contribution in [3.63, 3.8) is 0 Å². The summed E-state index contributed by atoms with van der Waals surface area (Å²) in [7, 11) is 0. The van der Waals surface area contributed by atoms with Gasteiger partial charge in [-0.25, -0.2) is 4.98 Å². The van der Waals surface area contributed by atoms with Gasteiger partial charge in [0.2, 0.25) is 5.91 Å². The standard InChI is InChI=1S/C13H18N2O2S/c1-8(16)10-7-18-12(14-10)15-11(17)9-5-4-6-13(9,2)3/h7,9H,4-6H2,1-3H3,(H,14,15,17). The van der Waals surface area contributed by atoms with Crippen LogP contribution in [0.5, 0.6) is 0 Å². The summed E-state index contributed by atoms with van der Waals surface area (Å²) < 4.78 is 0. The first-order valence-electron chi connectivity index (χ1n) is 6.17. The summed E-state index contributed by atoms with van der Waals surface area (Å²) in [6.45, 7) is 5.74. The molecule has 1 unspecified atom stereocenters. The van der Waals surface area contributed by atoms with E-state index in [1.807, 2.05) is 0 Å². The maximum atomic E-state index is 12.2. The third kappa shape index (κ3) is 2.61. The molecule has 1 saturated carbocycles. The molecule has 1 aliphatic carbocycles. The quantitative estimate of drug-likeness (QED) is 0.855. The lowest BCUT2D eigenvalue weighted by Crippen LogP contribution is -2.30. The number of ketones is 1. The Bertz CT molecular complexity index is 479. The maximum absolute atomic E-state index is 12.2. The number of nitrogens with one attached hydrogen (secondary N) is 1. The molecule has 0 saturated heterocycles. The first kappa shape index (κ1) is 13.2. The molecule has 1 aromatic rings. The van der Waals surface area contributed by atoms with Crippen LogP contribution in [0.15, 0.2) is 5.38 Å². The smallest absolute Gasteiger partial charge is 0.229 e. The van der Waals surface area contributed by atoms with Crippen LogP contribution >= 0.6 is 11.3 Å². The van der Waals surface area contributed by atoms with Crippen molar-refractivity contribution in [1.29, 1.82) is 0 Å². The van der Waals surface area contributed by atoms with E-state index in [-0.39, 0.29) is 23.0 Å². The minimum absolute atomic E-state index is 0.0296. The Morgan fingerprint density at radius 2 is 2.22 bits per heavy atom. The molecule has 1 atom stereocenters.